The molecule has 0 aliphatic carbocycles. The van der Waals surface area contributed by atoms with Crippen molar-refractivity contribution in [1.82, 2.24) is 4.90 Å². The second kappa shape index (κ2) is 8.50. The Kier molecular flexibility index (Phi) is 6.97. The standard InChI is InChI=1S/C14H20N2O3S/c1-2-16(8-5-9-17)13(18)10-19-12-7-4-3-6-11(12)14(15)20/h3-4,6-7,17H,2,5,8-10H2,1H3,(H2,15,20). The smallest absolute Gasteiger partial charge is 0.260 e. The number of carbonyl (C=O) groups excluding carboxylic acids is 1. The molecule has 5 nitrogen and oxygen atoms in total. The number of aliphatic hydroxyl groups excluding tert-OH is 1. The van der Waals surface area contributed by atoms with Gasteiger partial charge in [0.05, 0.1) is 5.56 Å². The molecule has 0 fully saturated rings. The minimum atomic E-state index is -0.126. The first-order chi connectivity index (χ1) is 9.60. The molecule has 1 aromatic rings. The summed E-state index contributed by atoms with van der Waals surface area (Å²) < 4.78 is 5.50. The first kappa shape index (κ1) is 16.4. The van der Waals surface area contributed by atoms with Crippen molar-refractivity contribution < 1.29 is 14.6 Å². The number of carbonyl (C=O) groups is 1. The Hall–Kier alpha value is -1.66. The summed E-state index contributed by atoms with van der Waals surface area (Å²) in [5.74, 6) is 0.380. The number of aliphatic hydroxyl groups is 1. The van der Waals surface area contributed by atoms with Gasteiger partial charge in [-0.05, 0) is 25.5 Å². The Morgan fingerprint density at radius 1 is 1.45 bits per heavy atom. The number of thiocarbonyl (C=S) groups is 1. The van der Waals surface area contributed by atoms with Crippen molar-refractivity contribution in [2.24, 2.45) is 5.73 Å². The van der Waals surface area contributed by atoms with Gasteiger partial charge in [-0.15, -0.1) is 0 Å². The Morgan fingerprint density at radius 3 is 2.75 bits per heavy atom. The molecule has 0 spiro atoms. The Labute approximate surface area is 124 Å². The van der Waals surface area contributed by atoms with Gasteiger partial charge in [-0.1, -0.05) is 24.4 Å². The third-order valence-corrected chi connectivity index (χ3v) is 3.04. The summed E-state index contributed by atoms with van der Waals surface area (Å²) in [4.78, 5) is 13.9. The molecule has 0 radical (unpaired) electrons. The van der Waals surface area contributed by atoms with E-state index in [1.165, 1.54) is 0 Å². The maximum atomic E-state index is 12.0. The van der Waals surface area contributed by atoms with E-state index in [9.17, 15) is 4.79 Å². The van der Waals surface area contributed by atoms with Crippen molar-refractivity contribution in [3.8, 4) is 5.75 Å². The average molecular weight is 296 g/mol. The van der Waals surface area contributed by atoms with Crippen LogP contribution in [0.25, 0.3) is 0 Å². The molecule has 3 N–H and O–H groups in total. The molecule has 1 aromatic carbocycles. The molecule has 0 bridgehead atoms. The number of rotatable bonds is 8. The van der Waals surface area contributed by atoms with Crippen molar-refractivity contribution in [3.63, 3.8) is 0 Å². The number of likely N-dealkylation sites (N-methyl/N-ethyl adjacent to an activating group) is 1. The summed E-state index contributed by atoms with van der Waals surface area (Å²) in [6.45, 7) is 2.98. The van der Waals surface area contributed by atoms with Gasteiger partial charge in [-0.25, -0.2) is 0 Å². The van der Waals surface area contributed by atoms with Crippen LogP contribution in [0.15, 0.2) is 24.3 Å². The molecule has 0 saturated carbocycles. The highest BCUT2D eigenvalue weighted by Crippen LogP contribution is 2.17. The molecule has 6 heteroatoms. The van der Waals surface area contributed by atoms with E-state index in [1.54, 1.807) is 23.1 Å². The number of nitrogens with two attached hydrogens (primary N) is 1. The van der Waals surface area contributed by atoms with Crippen molar-refractivity contribution in [2.45, 2.75) is 13.3 Å². The van der Waals surface area contributed by atoms with Crippen LogP contribution < -0.4 is 10.5 Å². The predicted octanol–water partition coefficient (Wildman–Crippen LogP) is 0.930. The van der Waals surface area contributed by atoms with Crippen molar-refractivity contribution in [2.75, 3.05) is 26.3 Å². The van der Waals surface area contributed by atoms with Crippen LogP contribution in [0.2, 0.25) is 0 Å². The molecule has 0 heterocycles. The highest BCUT2D eigenvalue weighted by molar-refractivity contribution is 7.80. The lowest BCUT2D eigenvalue weighted by molar-refractivity contribution is -0.133. The van der Waals surface area contributed by atoms with Crippen molar-refractivity contribution in [1.29, 1.82) is 0 Å². The third kappa shape index (κ3) is 4.79. The van der Waals surface area contributed by atoms with Crippen LogP contribution in [0.3, 0.4) is 0 Å². The number of benzene rings is 1. The van der Waals surface area contributed by atoms with Crippen LogP contribution in [0, 0.1) is 0 Å². The average Bonchev–Trinajstić information content (AvgIpc) is 2.46. The fourth-order valence-electron chi connectivity index (χ4n) is 1.75. The van der Waals surface area contributed by atoms with Crippen molar-refractivity contribution in [3.05, 3.63) is 29.8 Å². The summed E-state index contributed by atoms with van der Waals surface area (Å²) >= 11 is 4.94. The van der Waals surface area contributed by atoms with E-state index in [0.29, 0.717) is 30.8 Å². The number of amides is 1. The highest BCUT2D eigenvalue weighted by Gasteiger charge is 2.13. The normalized spacial score (nSPS) is 10.1. The van der Waals surface area contributed by atoms with Gasteiger partial charge in [-0.3, -0.25) is 4.79 Å². The number of nitrogens with zero attached hydrogens (tertiary/aromatic N) is 1. The second-order valence-electron chi connectivity index (χ2n) is 4.20. The number of ether oxygens (including phenoxy) is 1. The van der Waals surface area contributed by atoms with E-state index in [0.717, 1.165) is 0 Å². The van der Waals surface area contributed by atoms with E-state index in [4.69, 9.17) is 27.8 Å². The Bertz CT molecular complexity index is 465. The second-order valence-corrected chi connectivity index (χ2v) is 4.64. The maximum Gasteiger partial charge on any atom is 0.260 e. The van der Waals surface area contributed by atoms with Gasteiger partial charge >= 0.3 is 0 Å². The first-order valence-electron chi connectivity index (χ1n) is 6.50. The van der Waals surface area contributed by atoms with Crippen LogP contribution in [0.5, 0.6) is 5.75 Å². The molecule has 0 unspecified atom stereocenters. The summed E-state index contributed by atoms with van der Waals surface area (Å²) in [5.41, 5.74) is 6.22. The monoisotopic (exact) mass is 296 g/mol. The van der Waals surface area contributed by atoms with Gasteiger partial charge in [0.15, 0.2) is 6.61 Å². The van der Waals surface area contributed by atoms with Crippen molar-refractivity contribution >= 4 is 23.1 Å². The van der Waals surface area contributed by atoms with E-state index in [2.05, 4.69) is 0 Å². The fourth-order valence-corrected chi connectivity index (χ4v) is 1.92. The van der Waals surface area contributed by atoms with Crippen LogP contribution >= 0.6 is 12.2 Å². The molecule has 20 heavy (non-hydrogen) atoms. The Balaban J connectivity index is 2.62. The van der Waals surface area contributed by atoms with Gasteiger partial charge in [-0.2, -0.15) is 0 Å². The molecule has 0 aliphatic heterocycles. The summed E-state index contributed by atoms with van der Waals surface area (Å²) in [7, 11) is 0. The van der Waals surface area contributed by atoms with Gasteiger partial charge < -0.3 is 20.5 Å². The third-order valence-electron chi connectivity index (χ3n) is 2.82. The lowest BCUT2D eigenvalue weighted by atomic mass is 10.2. The van der Waals surface area contributed by atoms with Crippen LogP contribution in [-0.2, 0) is 4.79 Å². The number of hydrogen-bond acceptors (Lipinski definition) is 4. The zero-order valence-electron chi connectivity index (χ0n) is 11.5. The maximum absolute atomic E-state index is 12.0. The van der Waals surface area contributed by atoms with Crippen LogP contribution in [-0.4, -0.2) is 47.2 Å². The molecule has 1 amide bonds. The molecule has 1 rings (SSSR count). The summed E-state index contributed by atoms with van der Waals surface area (Å²) in [6, 6.07) is 7.09. The minimum absolute atomic E-state index is 0.0644. The molecule has 110 valence electrons. The van der Waals surface area contributed by atoms with Gasteiger partial charge in [0.2, 0.25) is 0 Å². The van der Waals surface area contributed by atoms with E-state index in [1.807, 2.05) is 13.0 Å². The van der Waals surface area contributed by atoms with Crippen LogP contribution in [0.4, 0.5) is 0 Å². The molecule has 0 aliphatic rings. The molecule has 0 atom stereocenters. The zero-order valence-corrected chi connectivity index (χ0v) is 12.4. The van der Waals surface area contributed by atoms with Gasteiger partial charge in [0, 0.05) is 19.7 Å². The summed E-state index contributed by atoms with van der Waals surface area (Å²) in [6.07, 6.45) is 0.559. The topological polar surface area (TPSA) is 75.8 Å². The van der Waals surface area contributed by atoms with E-state index >= 15 is 0 Å². The Morgan fingerprint density at radius 2 is 2.15 bits per heavy atom. The fraction of sp³-hybridized carbons (Fsp3) is 0.429. The lowest BCUT2D eigenvalue weighted by Crippen LogP contribution is -2.36. The van der Waals surface area contributed by atoms with Crippen LogP contribution in [0.1, 0.15) is 18.9 Å². The van der Waals surface area contributed by atoms with E-state index in [-0.39, 0.29) is 24.1 Å². The van der Waals surface area contributed by atoms with Gasteiger partial charge in [0.25, 0.3) is 5.91 Å². The number of hydrogen-bond donors (Lipinski definition) is 2. The largest absolute Gasteiger partial charge is 0.483 e. The highest BCUT2D eigenvalue weighted by atomic mass is 32.1. The molecular weight excluding hydrogens is 276 g/mol. The first-order valence-corrected chi connectivity index (χ1v) is 6.91. The lowest BCUT2D eigenvalue weighted by Gasteiger charge is -2.20. The predicted molar refractivity (Wildman–Crippen MR) is 81.8 cm³/mol. The van der Waals surface area contributed by atoms with Gasteiger partial charge in [0.1, 0.15) is 10.7 Å². The SMILES string of the molecule is CCN(CCCO)C(=O)COc1ccccc1C(N)=S. The molecular formula is C14H20N2O3S. The molecule has 0 saturated heterocycles. The number of para-hydroxylation sites is 1. The zero-order chi connectivity index (χ0) is 15.0. The molecule has 0 aromatic heterocycles. The summed E-state index contributed by atoms with van der Waals surface area (Å²) in [5, 5.41) is 8.80. The minimum Gasteiger partial charge on any atom is -0.483 e. The quantitative estimate of drug-likeness (QED) is 0.698. The van der Waals surface area contributed by atoms with E-state index < -0.39 is 0 Å².